The number of amides is 2. The molecule has 0 spiro atoms. The SMILES string of the molecule is CCC(=O)C(CNC(=O)CSC(=O)c1ccccc1)NC(=O)CSC(=O)c1ccccc1. The molecule has 0 aliphatic carbocycles. The number of rotatable bonds is 11. The van der Waals surface area contributed by atoms with Crippen LogP contribution in [0.4, 0.5) is 0 Å². The van der Waals surface area contributed by atoms with E-state index in [4.69, 9.17) is 0 Å². The second-order valence-electron chi connectivity index (χ2n) is 6.63. The molecule has 7 nitrogen and oxygen atoms in total. The molecule has 0 saturated heterocycles. The zero-order valence-corrected chi connectivity index (χ0v) is 19.2. The Labute approximate surface area is 195 Å². The summed E-state index contributed by atoms with van der Waals surface area (Å²) in [5.74, 6) is -1.39. The third-order valence-corrected chi connectivity index (χ3v) is 6.07. The molecule has 9 heteroatoms. The molecule has 0 radical (unpaired) electrons. The fraction of sp³-hybridized carbons (Fsp3) is 0.261. The van der Waals surface area contributed by atoms with E-state index in [2.05, 4.69) is 10.6 Å². The quantitative estimate of drug-likeness (QED) is 0.517. The fourth-order valence-electron chi connectivity index (χ4n) is 2.57. The van der Waals surface area contributed by atoms with Crippen LogP contribution in [0.25, 0.3) is 0 Å². The second-order valence-corrected chi connectivity index (χ2v) is 8.52. The van der Waals surface area contributed by atoms with Gasteiger partial charge >= 0.3 is 0 Å². The summed E-state index contributed by atoms with van der Waals surface area (Å²) in [6, 6.07) is 16.3. The van der Waals surface area contributed by atoms with Crippen LogP contribution < -0.4 is 10.6 Å². The fourth-order valence-corrected chi connectivity index (χ4v) is 3.89. The van der Waals surface area contributed by atoms with E-state index in [1.807, 2.05) is 0 Å². The molecule has 2 aromatic carbocycles. The van der Waals surface area contributed by atoms with Gasteiger partial charge in [0.15, 0.2) is 5.78 Å². The maximum atomic E-state index is 12.2. The van der Waals surface area contributed by atoms with Crippen molar-refractivity contribution in [1.82, 2.24) is 10.6 Å². The summed E-state index contributed by atoms with van der Waals surface area (Å²) in [6.45, 7) is 1.57. The van der Waals surface area contributed by atoms with E-state index in [1.54, 1.807) is 67.6 Å². The maximum Gasteiger partial charge on any atom is 0.231 e. The summed E-state index contributed by atoms with van der Waals surface area (Å²) in [7, 11) is 0. The highest BCUT2D eigenvalue weighted by Gasteiger charge is 2.21. The molecular formula is C23H24N2O5S2. The first-order valence-electron chi connectivity index (χ1n) is 9.93. The van der Waals surface area contributed by atoms with Crippen molar-refractivity contribution in [3.63, 3.8) is 0 Å². The summed E-state index contributed by atoms with van der Waals surface area (Å²) >= 11 is 1.70. The summed E-state index contributed by atoms with van der Waals surface area (Å²) < 4.78 is 0. The van der Waals surface area contributed by atoms with Gasteiger partial charge in [-0.3, -0.25) is 24.0 Å². The zero-order chi connectivity index (χ0) is 23.3. The molecule has 2 N–H and O–H groups in total. The number of Topliss-reactive ketones (excluding diaryl/α,β-unsaturated/α-hetero) is 1. The molecule has 2 aromatic rings. The normalized spacial score (nSPS) is 11.3. The van der Waals surface area contributed by atoms with Gasteiger partial charge in [-0.1, -0.05) is 91.1 Å². The number of benzene rings is 2. The van der Waals surface area contributed by atoms with Gasteiger partial charge in [-0.05, 0) is 0 Å². The van der Waals surface area contributed by atoms with Gasteiger partial charge < -0.3 is 10.6 Å². The summed E-state index contributed by atoms with van der Waals surface area (Å²) in [5, 5.41) is 4.68. The standard InChI is InChI=1S/C23H24N2O5S2/c1-2-19(26)18(25-21(28)15-32-23(30)17-11-7-4-8-12-17)13-24-20(27)14-31-22(29)16-9-5-3-6-10-16/h3-12,18H,2,13-15H2,1H3,(H,24,27)(H,25,28). The minimum absolute atomic E-state index is 0.0887. The molecular weight excluding hydrogens is 448 g/mol. The molecule has 0 aliphatic rings. The number of carbonyl (C=O) groups is 5. The van der Waals surface area contributed by atoms with Crippen molar-refractivity contribution in [2.45, 2.75) is 19.4 Å². The van der Waals surface area contributed by atoms with Crippen LogP contribution in [0.3, 0.4) is 0 Å². The third-order valence-electron chi connectivity index (χ3n) is 4.26. The van der Waals surface area contributed by atoms with Crippen LogP contribution in [-0.4, -0.2) is 51.9 Å². The van der Waals surface area contributed by atoms with Gasteiger partial charge in [0.25, 0.3) is 0 Å². The first-order chi connectivity index (χ1) is 15.4. The Morgan fingerprint density at radius 1 is 0.750 bits per heavy atom. The van der Waals surface area contributed by atoms with Crippen LogP contribution in [0.1, 0.15) is 34.1 Å². The minimum Gasteiger partial charge on any atom is -0.353 e. The van der Waals surface area contributed by atoms with Gasteiger partial charge in [-0.25, -0.2) is 0 Å². The molecule has 0 bridgehead atoms. The van der Waals surface area contributed by atoms with Crippen LogP contribution in [0.2, 0.25) is 0 Å². The third kappa shape index (κ3) is 8.68. The first-order valence-corrected chi connectivity index (χ1v) is 11.9. The molecule has 0 heterocycles. The highest BCUT2D eigenvalue weighted by Crippen LogP contribution is 2.12. The number of thioether (sulfide) groups is 2. The van der Waals surface area contributed by atoms with E-state index in [-0.39, 0.29) is 40.5 Å². The largest absolute Gasteiger partial charge is 0.353 e. The predicted octanol–water partition coefficient (Wildman–Crippen LogP) is 2.71. The molecule has 0 saturated carbocycles. The summed E-state index contributed by atoms with van der Waals surface area (Å²) in [6.07, 6.45) is 0.179. The molecule has 0 aromatic heterocycles. The van der Waals surface area contributed by atoms with E-state index < -0.39 is 17.9 Å². The molecule has 32 heavy (non-hydrogen) atoms. The van der Waals surface area contributed by atoms with Gasteiger partial charge in [-0.2, -0.15) is 0 Å². The Morgan fingerprint density at radius 3 is 1.69 bits per heavy atom. The van der Waals surface area contributed by atoms with Crippen LogP contribution >= 0.6 is 23.5 Å². The van der Waals surface area contributed by atoms with Crippen LogP contribution in [0.5, 0.6) is 0 Å². The Kier molecular flexibility index (Phi) is 10.7. The maximum absolute atomic E-state index is 12.2. The Bertz CT molecular complexity index is 951. The summed E-state index contributed by atoms with van der Waals surface area (Å²) in [5.41, 5.74) is 0.987. The Hall–Kier alpha value is -2.91. The van der Waals surface area contributed by atoms with Crippen LogP contribution in [0.15, 0.2) is 60.7 Å². The molecule has 2 rings (SSSR count). The average Bonchev–Trinajstić information content (AvgIpc) is 2.84. The van der Waals surface area contributed by atoms with E-state index in [9.17, 15) is 24.0 Å². The van der Waals surface area contributed by atoms with Crippen molar-refractivity contribution in [2.24, 2.45) is 0 Å². The van der Waals surface area contributed by atoms with Crippen LogP contribution in [0, 0.1) is 0 Å². The van der Waals surface area contributed by atoms with E-state index in [0.29, 0.717) is 11.1 Å². The predicted molar refractivity (Wildman–Crippen MR) is 127 cm³/mol. The van der Waals surface area contributed by atoms with Gasteiger partial charge in [-0.15, -0.1) is 0 Å². The number of nitrogens with one attached hydrogen (secondary N) is 2. The molecule has 168 valence electrons. The number of ketones is 1. The molecule has 1 atom stereocenters. The van der Waals surface area contributed by atoms with E-state index in [0.717, 1.165) is 23.5 Å². The number of hydrogen-bond acceptors (Lipinski definition) is 7. The van der Waals surface area contributed by atoms with Gasteiger partial charge in [0, 0.05) is 24.1 Å². The lowest BCUT2D eigenvalue weighted by Crippen LogP contribution is -2.49. The van der Waals surface area contributed by atoms with Crippen molar-refractivity contribution in [1.29, 1.82) is 0 Å². The van der Waals surface area contributed by atoms with E-state index >= 15 is 0 Å². The molecule has 0 aliphatic heterocycles. The molecule has 2 amide bonds. The van der Waals surface area contributed by atoms with Gasteiger partial charge in [0.1, 0.15) is 6.04 Å². The first kappa shape index (κ1) is 25.4. The van der Waals surface area contributed by atoms with E-state index in [1.165, 1.54) is 0 Å². The summed E-state index contributed by atoms with van der Waals surface area (Å²) in [4.78, 5) is 60.7. The second kappa shape index (κ2) is 13.5. The lowest BCUT2D eigenvalue weighted by Gasteiger charge is -2.17. The van der Waals surface area contributed by atoms with Crippen LogP contribution in [-0.2, 0) is 14.4 Å². The number of hydrogen-bond donors (Lipinski definition) is 2. The smallest absolute Gasteiger partial charge is 0.231 e. The van der Waals surface area contributed by atoms with Crippen molar-refractivity contribution >= 4 is 51.4 Å². The van der Waals surface area contributed by atoms with Crippen molar-refractivity contribution < 1.29 is 24.0 Å². The average molecular weight is 473 g/mol. The highest BCUT2D eigenvalue weighted by atomic mass is 32.2. The Balaban J connectivity index is 1.78. The van der Waals surface area contributed by atoms with Crippen molar-refractivity contribution in [2.75, 3.05) is 18.1 Å². The lowest BCUT2D eigenvalue weighted by molar-refractivity contribution is -0.126. The minimum atomic E-state index is -0.904. The topological polar surface area (TPSA) is 109 Å². The van der Waals surface area contributed by atoms with Gasteiger partial charge in [0.2, 0.25) is 22.0 Å². The number of carbonyl (C=O) groups excluding carboxylic acids is 5. The van der Waals surface area contributed by atoms with Crippen molar-refractivity contribution in [3.8, 4) is 0 Å². The highest BCUT2D eigenvalue weighted by molar-refractivity contribution is 8.14. The molecule has 1 unspecified atom stereocenters. The van der Waals surface area contributed by atoms with Gasteiger partial charge in [0.05, 0.1) is 11.5 Å². The molecule has 0 fully saturated rings. The monoisotopic (exact) mass is 472 g/mol. The zero-order valence-electron chi connectivity index (χ0n) is 17.5. The van der Waals surface area contributed by atoms with Crippen molar-refractivity contribution in [3.05, 3.63) is 71.8 Å². The lowest BCUT2D eigenvalue weighted by atomic mass is 10.1. The Morgan fingerprint density at radius 2 is 1.22 bits per heavy atom.